The number of hydrogen-bond acceptors (Lipinski definition) is 3. The van der Waals surface area contributed by atoms with E-state index in [0.717, 1.165) is 37.5 Å². The van der Waals surface area contributed by atoms with Gasteiger partial charge in [-0.1, -0.05) is 25.0 Å². The molecule has 0 radical (unpaired) electrons. The van der Waals surface area contributed by atoms with E-state index in [0.29, 0.717) is 19.5 Å². The quantitative estimate of drug-likeness (QED) is 0.807. The first-order chi connectivity index (χ1) is 12.6. The number of rotatable bonds is 5. The fourth-order valence-corrected chi connectivity index (χ4v) is 4.51. The molecule has 4 rings (SSSR count). The van der Waals surface area contributed by atoms with Crippen molar-refractivity contribution in [3.05, 3.63) is 35.6 Å². The summed E-state index contributed by atoms with van der Waals surface area (Å²) < 4.78 is 25.2. The smallest absolute Gasteiger partial charge is 0.227 e. The zero-order valence-corrected chi connectivity index (χ0v) is 15.3. The van der Waals surface area contributed by atoms with Gasteiger partial charge in [0.15, 0.2) is 0 Å². The number of amides is 1. The summed E-state index contributed by atoms with van der Waals surface area (Å²) in [4.78, 5) is 14.3. The Labute approximate surface area is 154 Å². The molecule has 1 unspecified atom stereocenters. The highest BCUT2D eigenvalue weighted by Crippen LogP contribution is 2.36. The first kappa shape index (κ1) is 17.9. The normalized spacial score (nSPS) is 25.4. The Balaban J connectivity index is 1.24. The van der Waals surface area contributed by atoms with Crippen molar-refractivity contribution < 1.29 is 18.7 Å². The Morgan fingerprint density at radius 3 is 2.65 bits per heavy atom. The molecule has 2 aliphatic heterocycles. The van der Waals surface area contributed by atoms with Crippen molar-refractivity contribution in [3.63, 3.8) is 0 Å². The number of nitrogens with zero attached hydrogens (tertiary/aromatic N) is 1. The van der Waals surface area contributed by atoms with E-state index < -0.39 is 0 Å². The molecule has 1 amide bonds. The Kier molecular flexibility index (Phi) is 5.28. The van der Waals surface area contributed by atoms with Crippen molar-refractivity contribution in [2.45, 2.75) is 56.7 Å². The zero-order chi connectivity index (χ0) is 18.0. The van der Waals surface area contributed by atoms with Crippen LogP contribution in [0.25, 0.3) is 0 Å². The molecule has 2 saturated heterocycles. The van der Waals surface area contributed by atoms with E-state index in [4.69, 9.17) is 9.47 Å². The Morgan fingerprint density at radius 1 is 1.19 bits per heavy atom. The maximum Gasteiger partial charge on any atom is 0.227 e. The molecule has 26 heavy (non-hydrogen) atoms. The van der Waals surface area contributed by atoms with Gasteiger partial charge >= 0.3 is 0 Å². The molecule has 1 aromatic carbocycles. The van der Waals surface area contributed by atoms with Gasteiger partial charge in [0, 0.05) is 19.6 Å². The van der Waals surface area contributed by atoms with Crippen LogP contribution in [0, 0.1) is 11.7 Å². The van der Waals surface area contributed by atoms with E-state index in [1.165, 1.54) is 37.8 Å². The molecule has 142 valence electrons. The summed E-state index contributed by atoms with van der Waals surface area (Å²) in [7, 11) is 0. The fourth-order valence-electron chi connectivity index (χ4n) is 4.51. The van der Waals surface area contributed by atoms with E-state index >= 15 is 0 Å². The molecule has 3 aliphatic rings. The second kappa shape index (κ2) is 7.65. The molecule has 3 fully saturated rings. The van der Waals surface area contributed by atoms with Crippen LogP contribution >= 0.6 is 0 Å². The third kappa shape index (κ3) is 4.09. The lowest BCUT2D eigenvalue weighted by atomic mass is 9.84. The maximum atomic E-state index is 13.0. The van der Waals surface area contributed by atoms with Crippen LogP contribution in [0.5, 0.6) is 0 Å². The first-order valence-electron chi connectivity index (χ1n) is 9.90. The van der Waals surface area contributed by atoms with Crippen molar-refractivity contribution in [2.24, 2.45) is 5.92 Å². The largest absolute Gasteiger partial charge is 0.378 e. The van der Waals surface area contributed by atoms with Crippen LogP contribution in [0.15, 0.2) is 24.3 Å². The van der Waals surface area contributed by atoms with Crippen LogP contribution in [-0.2, 0) is 20.7 Å². The molecular formula is C21H28FNO3. The Hall–Kier alpha value is -1.46. The number of carbonyl (C=O) groups is 1. The van der Waals surface area contributed by atoms with Gasteiger partial charge in [0.25, 0.3) is 0 Å². The van der Waals surface area contributed by atoms with Crippen molar-refractivity contribution >= 4 is 5.91 Å². The molecule has 2 heterocycles. The van der Waals surface area contributed by atoms with E-state index in [-0.39, 0.29) is 23.4 Å². The third-order valence-electron chi connectivity index (χ3n) is 6.07. The lowest BCUT2D eigenvalue weighted by molar-refractivity contribution is -0.202. The highest BCUT2D eigenvalue weighted by molar-refractivity contribution is 5.80. The average molecular weight is 361 g/mol. The molecule has 1 spiro atoms. The summed E-state index contributed by atoms with van der Waals surface area (Å²) in [6.07, 6.45) is 7.72. The van der Waals surface area contributed by atoms with Gasteiger partial charge in [-0.3, -0.25) is 4.79 Å². The summed E-state index contributed by atoms with van der Waals surface area (Å²) in [5.41, 5.74) is 0.636. The van der Waals surface area contributed by atoms with Gasteiger partial charge in [-0.15, -0.1) is 0 Å². The number of benzene rings is 1. The van der Waals surface area contributed by atoms with E-state index in [9.17, 15) is 9.18 Å². The monoisotopic (exact) mass is 361 g/mol. The zero-order valence-electron chi connectivity index (χ0n) is 15.3. The summed E-state index contributed by atoms with van der Waals surface area (Å²) in [5, 5.41) is 0. The minimum absolute atomic E-state index is 0.0832. The molecule has 0 bridgehead atoms. The Bertz CT molecular complexity index is 621. The maximum absolute atomic E-state index is 13.0. The van der Waals surface area contributed by atoms with Crippen LogP contribution in [0.4, 0.5) is 4.39 Å². The number of ether oxygens (including phenoxy) is 2. The van der Waals surface area contributed by atoms with Crippen LogP contribution in [0.2, 0.25) is 0 Å². The predicted molar refractivity (Wildman–Crippen MR) is 96.3 cm³/mol. The minimum atomic E-state index is -0.275. The number of likely N-dealkylation sites (tertiary alicyclic amines) is 1. The molecule has 0 aromatic heterocycles. The summed E-state index contributed by atoms with van der Waals surface area (Å²) >= 11 is 0. The third-order valence-corrected chi connectivity index (χ3v) is 6.07. The van der Waals surface area contributed by atoms with Crippen molar-refractivity contribution in [1.29, 1.82) is 0 Å². The fraction of sp³-hybridized carbons (Fsp3) is 0.667. The highest BCUT2D eigenvalue weighted by Gasteiger charge is 2.49. The highest BCUT2D eigenvalue weighted by atomic mass is 19.1. The summed E-state index contributed by atoms with van der Waals surface area (Å²) in [6.45, 7) is 2.90. The number of halogens is 1. The van der Waals surface area contributed by atoms with Gasteiger partial charge in [-0.25, -0.2) is 4.39 Å². The predicted octanol–water partition coefficient (Wildman–Crippen LogP) is 3.34. The minimum Gasteiger partial charge on any atom is -0.378 e. The number of hydrogen-bond donors (Lipinski definition) is 0. The van der Waals surface area contributed by atoms with Crippen molar-refractivity contribution in [1.82, 2.24) is 4.90 Å². The van der Waals surface area contributed by atoms with Gasteiger partial charge in [-0.2, -0.15) is 0 Å². The summed E-state index contributed by atoms with van der Waals surface area (Å²) in [5.74, 6) is 0.548. The Morgan fingerprint density at radius 2 is 1.92 bits per heavy atom. The van der Waals surface area contributed by atoms with E-state index in [2.05, 4.69) is 0 Å². The van der Waals surface area contributed by atoms with Gasteiger partial charge in [0.1, 0.15) is 11.4 Å². The van der Waals surface area contributed by atoms with Crippen molar-refractivity contribution in [3.8, 4) is 0 Å². The molecule has 1 aromatic rings. The molecule has 1 saturated carbocycles. The van der Waals surface area contributed by atoms with E-state index in [1.54, 1.807) is 12.1 Å². The van der Waals surface area contributed by atoms with Gasteiger partial charge in [0.2, 0.25) is 5.91 Å². The lowest BCUT2D eigenvalue weighted by Gasteiger charge is -2.53. The van der Waals surface area contributed by atoms with E-state index in [1.807, 2.05) is 4.90 Å². The van der Waals surface area contributed by atoms with Crippen LogP contribution in [-0.4, -0.2) is 48.8 Å². The van der Waals surface area contributed by atoms with Crippen molar-refractivity contribution in [2.75, 3.05) is 26.3 Å². The number of carbonyl (C=O) groups excluding carboxylic acids is 1. The van der Waals surface area contributed by atoms with Gasteiger partial charge in [-0.05, 0) is 42.9 Å². The van der Waals surface area contributed by atoms with Crippen LogP contribution in [0.1, 0.15) is 44.1 Å². The molecule has 0 N–H and O–H groups in total. The average Bonchev–Trinajstić information content (AvgIpc) is 3.13. The molecule has 1 atom stereocenters. The first-order valence-corrected chi connectivity index (χ1v) is 9.90. The second-order valence-corrected chi connectivity index (χ2v) is 8.18. The lowest BCUT2D eigenvalue weighted by Crippen LogP contribution is -2.67. The molecule has 5 heteroatoms. The molecule has 4 nitrogen and oxygen atoms in total. The van der Waals surface area contributed by atoms with Crippen LogP contribution in [0.3, 0.4) is 0 Å². The topological polar surface area (TPSA) is 38.8 Å². The summed E-state index contributed by atoms with van der Waals surface area (Å²) in [6, 6.07) is 6.15. The standard InChI is InChI=1S/C21H28FNO3/c22-18-7-5-16(6-8-18)11-20(24)23-14-21(15-23)12-19(9-10-26-21)25-13-17-3-1-2-4-17/h5-8,17,19H,1-4,9-15H2. The second-order valence-electron chi connectivity index (χ2n) is 8.18. The van der Waals surface area contributed by atoms with Gasteiger partial charge in [0.05, 0.1) is 25.6 Å². The molecule has 1 aliphatic carbocycles. The van der Waals surface area contributed by atoms with Crippen LogP contribution < -0.4 is 0 Å². The van der Waals surface area contributed by atoms with Gasteiger partial charge < -0.3 is 14.4 Å². The molecular weight excluding hydrogens is 333 g/mol. The SMILES string of the molecule is O=C(Cc1ccc(F)cc1)N1CC2(CC(OCC3CCCC3)CCO2)C1.